The molecule has 0 amide bonds. The molecule has 3 atom stereocenters. The summed E-state index contributed by atoms with van der Waals surface area (Å²) in [6, 6.07) is 12.1. The van der Waals surface area contributed by atoms with Crippen LogP contribution in [-0.2, 0) is 17.8 Å². The Labute approximate surface area is 257 Å². The Balaban J connectivity index is 1.24. The molecule has 232 valence electrons. The lowest BCUT2D eigenvalue weighted by atomic mass is 9.82. The fourth-order valence-corrected chi connectivity index (χ4v) is 7.67. The third-order valence-corrected chi connectivity index (χ3v) is 10.5. The minimum Gasteiger partial charge on any atom is -0.485 e. The highest BCUT2D eigenvalue weighted by Gasteiger charge is 2.48. The fraction of sp³-hybridized carbons (Fsp3) is 0.500. The van der Waals surface area contributed by atoms with E-state index in [1.165, 1.54) is 31.7 Å². The third kappa shape index (κ3) is 5.46. The summed E-state index contributed by atoms with van der Waals surface area (Å²) in [4.78, 5) is 18.8. The number of methoxy groups -OCH3 is 1. The van der Waals surface area contributed by atoms with Crippen LogP contribution in [0.4, 0.5) is 8.78 Å². The van der Waals surface area contributed by atoms with Crippen LogP contribution in [0.5, 0.6) is 11.6 Å². The van der Waals surface area contributed by atoms with Crippen LogP contribution in [0.1, 0.15) is 92.6 Å². The molecule has 1 saturated heterocycles. The second-order valence-electron chi connectivity index (χ2n) is 13.3. The predicted molar refractivity (Wildman–Crippen MR) is 163 cm³/mol. The summed E-state index contributed by atoms with van der Waals surface area (Å²) >= 11 is 0. The first-order chi connectivity index (χ1) is 21.3. The molecule has 1 N–H and O–H groups in total. The Morgan fingerprint density at radius 1 is 1.09 bits per heavy atom. The van der Waals surface area contributed by atoms with Crippen molar-refractivity contribution < 1.29 is 28.2 Å². The number of benzene rings is 2. The van der Waals surface area contributed by atoms with Crippen molar-refractivity contribution in [3.05, 3.63) is 76.4 Å². The van der Waals surface area contributed by atoms with Gasteiger partial charge in [-0.15, -0.1) is 0 Å². The van der Waals surface area contributed by atoms with Crippen LogP contribution in [-0.4, -0.2) is 40.2 Å². The largest absolute Gasteiger partial charge is 0.485 e. The number of ether oxygens (including phenoxy) is 2. The zero-order valence-corrected chi connectivity index (χ0v) is 25.5. The van der Waals surface area contributed by atoms with E-state index in [2.05, 4.69) is 9.88 Å². The average Bonchev–Trinajstić information content (AvgIpc) is 3.97. The number of fused-ring (bicyclic) bond motifs is 1. The molecule has 7 rings (SSSR count). The number of aromatic nitrogens is 1. The predicted octanol–water partition coefficient (Wildman–Crippen LogP) is 7.83. The highest BCUT2D eigenvalue weighted by Crippen LogP contribution is 2.50. The van der Waals surface area contributed by atoms with E-state index >= 15 is 8.78 Å². The van der Waals surface area contributed by atoms with Gasteiger partial charge in [0.15, 0.2) is 0 Å². The monoisotopic (exact) mass is 602 g/mol. The molecule has 6 nitrogen and oxygen atoms in total. The molecule has 3 heterocycles. The van der Waals surface area contributed by atoms with Gasteiger partial charge in [0, 0.05) is 29.3 Å². The summed E-state index contributed by atoms with van der Waals surface area (Å²) in [5.41, 5.74) is 4.04. The molecule has 8 heteroatoms. The maximum absolute atomic E-state index is 16.1. The molecule has 0 radical (unpaired) electrons. The summed E-state index contributed by atoms with van der Waals surface area (Å²) in [6.07, 6.45) is 8.70. The van der Waals surface area contributed by atoms with Gasteiger partial charge in [-0.25, -0.2) is 13.8 Å². The van der Waals surface area contributed by atoms with E-state index in [0.29, 0.717) is 35.8 Å². The summed E-state index contributed by atoms with van der Waals surface area (Å²) in [5, 5.41) is 9.77. The molecule has 3 fully saturated rings. The molecule has 2 aliphatic carbocycles. The number of pyridine rings is 1. The zero-order valence-electron chi connectivity index (χ0n) is 25.5. The van der Waals surface area contributed by atoms with E-state index in [9.17, 15) is 9.90 Å². The number of hydrogen-bond donors (Lipinski definition) is 1. The summed E-state index contributed by atoms with van der Waals surface area (Å²) < 4.78 is 43.1. The lowest BCUT2D eigenvalue weighted by Gasteiger charge is -2.37. The first-order valence-electron chi connectivity index (χ1n) is 16.1. The normalized spacial score (nSPS) is 22.1. The SMILES string of the molecule is COc1ccc(F)c(-c2cc(F)c(C3CCc4ccc([C@H](C5CC5)[C@H](C)C(=O)O)cc4O3)cc2CN2CCCCC23CC3)n1. The molecule has 0 bridgehead atoms. The Morgan fingerprint density at radius 3 is 2.64 bits per heavy atom. The van der Waals surface area contributed by atoms with E-state index in [1.54, 1.807) is 6.92 Å². The van der Waals surface area contributed by atoms with Crippen LogP contribution < -0.4 is 9.47 Å². The fourth-order valence-electron chi connectivity index (χ4n) is 7.67. The van der Waals surface area contributed by atoms with Gasteiger partial charge in [-0.05, 0) is 111 Å². The number of halogens is 2. The number of carbonyl (C=O) groups is 1. The molecule has 1 unspecified atom stereocenters. The van der Waals surface area contributed by atoms with Gasteiger partial charge in [0.25, 0.3) is 0 Å². The second kappa shape index (κ2) is 11.4. The van der Waals surface area contributed by atoms with E-state index < -0.39 is 29.6 Å². The topological polar surface area (TPSA) is 71.9 Å². The quantitative estimate of drug-likeness (QED) is 0.269. The minimum atomic E-state index is -0.795. The number of nitrogens with zero attached hydrogens (tertiary/aromatic N) is 2. The third-order valence-electron chi connectivity index (χ3n) is 10.5. The van der Waals surface area contributed by atoms with Crippen molar-refractivity contribution in [2.24, 2.45) is 11.8 Å². The van der Waals surface area contributed by atoms with Gasteiger partial charge in [-0.1, -0.05) is 25.5 Å². The van der Waals surface area contributed by atoms with Gasteiger partial charge in [-0.3, -0.25) is 9.69 Å². The van der Waals surface area contributed by atoms with Crippen molar-refractivity contribution in [3.63, 3.8) is 0 Å². The Hall–Kier alpha value is -3.52. The molecule has 1 spiro atoms. The number of carboxylic acids is 1. The standard InChI is InChI=1S/C36H40F2N2O4/c1-21(35(41)42)33(23-6-7-23)24-8-5-22-9-11-30(44-31(22)18-24)27-17-25(20-40-16-4-3-13-36(40)14-15-36)26(19-29(27)38)34-28(37)10-12-32(39-34)43-2/h5,8,10,12,17-19,21,23,30,33H,3-4,6-7,9,11,13-16,20H2,1-2H3,(H,41,42)/t21-,30?,33-/m0/s1. The first-order valence-corrected chi connectivity index (χ1v) is 16.1. The number of aliphatic carboxylic acids is 1. The van der Waals surface area contributed by atoms with Crippen LogP contribution in [0.3, 0.4) is 0 Å². The number of carboxylic acid groups (broad SMARTS) is 1. The number of piperidine rings is 1. The minimum absolute atomic E-state index is 0.0750. The van der Waals surface area contributed by atoms with Crippen molar-refractivity contribution in [2.45, 2.75) is 88.8 Å². The second-order valence-corrected chi connectivity index (χ2v) is 13.3. The van der Waals surface area contributed by atoms with Crippen LogP contribution >= 0.6 is 0 Å². The van der Waals surface area contributed by atoms with Crippen molar-refractivity contribution in [1.82, 2.24) is 9.88 Å². The van der Waals surface area contributed by atoms with Gasteiger partial charge in [0.2, 0.25) is 5.88 Å². The van der Waals surface area contributed by atoms with Crippen LogP contribution in [0.25, 0.3) is 11.3 Å². The highest BCUT2D eigenvalue weighted by atomic mass is 19.1. The molecular weight excluding hydrogens is 562 g/mol. The summed E-state index contributed by atoms with van der Waals surface area (Å²) in [7, 11) is 1.48. The maximum Gasteiger partial charge on any atom is 0.306 e. The summed E-state index contributed by atoms with van der Waals surface area (Å²) in [5.74, 6) is -1.00. The average molecular weight is 603 g/mol. The van der Waals surface area contributed by atoms with Gasteiger partial charge in [-0.2, -0.15) is 0 Å². The molecule has 2 saturated carbocycles. The zero-order chi connectivity index (χ0) is 30.6. The van der Waals surface area contributed by atoms with Gasteiger partial charge in [0.1, 0.15) is 29.2 Å². The maximum atomic E-state index is 16.1. The van der Waals surface area contributed by atoms with Gasteiger partial charge >= 0.3 is 5.97 Å². The van der Waals surface area contributed by atoms with E-state index in [1.807, 2.05) is 24.3 Å². The number of hydrogen-bond acceptors (Lipinski definition) is 5. The van der Waals surface area contributed by atoms with Crippen LogP contribution in [0, 0.1) is 23.5 Å². The van der Waals surface area contributed by atoms with Crippen LogP contribution in [0.2, 0.25) is 0 Å². The van der Waals surface area contributed by atoms with E-state index in [4.69, 9.17) is 9.47 Å². The van der Waals surface area contributed by atoms with Crippen molar-refractivity contribution in [3.8, 4) is 22.9 Å². The van der Waals surface area contributed by atoms with E-state index in [0.717, 1.165) is 68.2 Å². The number of rotatable bonds is 9. The molecule has 4 aliphatic rings. The molecule has 3 aromatic rings. The molecular formula is C36H40F2N2O4. The van der Waals surface area contributed by atoms with Gasteiger partial charge in [0.05, 0.1) is 13.0 Å². The molecule has 2 aromatic carbocycles. The number of likely N-dealkylation sites (tertiary alicyclic amines) is 1. The Bertz CT molecular complexity index is 1580. The molecule has 44 heavy (non-hydrogen) atoms. The van der Waals surface area contributed by atoms with Crippen molar-refractivity contribution in [1.29, 1.82) is 0 Å². The number of aryl methyl sites for hydroxylation is 1. The summed E-state index contributed by atoms with van der Waals surface area (Å²) in [6.45, 7) is 3.33. The Kier molecular flexibility index (Phi) is 7.59. The lowest BCUT2D eigenvalue weighted by Crippen LogP contribution is -2.41. The van der Waals surface area contributed by atoms with Gasteiger partial charge < -0.3 is 14.6 Å². The molecule has 2 aliphatic heterocycles. The van der Waals surface area contributed by atoms with Crippen LogP contribution in [0.15, 0.2) is 42.5 Å². The van der Waals surface area contributed by atoms with Crippen molar-refractivity contribution in [2.75, 3.05) is 13.7 Å². The lowest BCUT2D eigenvalue weighted by molar-refractivity contribution is -0.142. The van der Waals surface area contributed by atoms with E-state index in [-0.39, 0.29) is 23.0 Å². The first kappa shape index (κ1) is 29.2. The molecule has 1 aromatic heterocycles. The highest BCUT2D eigenvalue weighted by molar-refractivity contribution is 5.71. The van der Waals surface area contributed by atoms with Crippen molar-refractivity contribution >= 4 is 5.97 Å². The Morgan fingerprint density at radius 2 is 1.91 bits per heavy atom. The smallest absolute Gasteiger partial charge is 0.306 e.